The SMILES string of the molecule is CCNCCCOc1ccc(CO)cc1. The normalized spacial score (nSPS) is 10.3. The molecule has 0 aliphatic rings. The second-order valence-corrected chi connectivity index (χ2v) is 3.36. The zero-order valence-corrected chi connectivity index (χ0v) is 9.20. The predicted molar refractivity (Wildman–Crippen MR) is 61.0 cm³/mol. The lowest BCUT2D eigenvalue weighted by Crippen LogP contribution is -2.16. The van der Waals surface area contributed by atoms with E-state index in [1.165, 1.54) is 0 Å². The van der Waals surface area contributed by atoms with Crippen LogP contribution in [0.1, 0.15) is 18.9 Å². The Bertz CT molecular complexity index is 259. The van der Waals surface area contributed by atoms with E-state index in [1.807, 2.05) is 24.3 Å². The van der Waals surface area contributed by atoms with Gasteiger partial charge in [-0.25, -0.2) is 0 Å². The molecule has 2 N–H and O–H groups in total. The molecular formula is C12H19NO2. The van der Waals surface area contributed by atoms with E-state index in [-0.39, 0.29) is 6.61 Å². The van der Waals surface area contributed by atoms with E-state index in [1.54, 1.807) is 0 Å². The number of hydrogen-bond acceptors (Lipinski definition) is 3. The summed E-state index contributed by atoms with van der Waals surface area (Å²) in [4.78, 5) is 0. The van der Waals surface area contributed by atoms with Crippen molar-refractivity contribution in [3.05, 3.63) is 29.8 Å². The Labute approximate surface area is 91.1 Å². The third-order valence-corrected chi connectivity index (χ3v) is 2.12. The van der Waals surface area contributed by atoms with Crippen LogP contribution in [0.15, 0.2) is 24.3 Å². The molecular weight excluding hydrogens is 190 g/mol. The van der Waals surface area contributed by atoms with Gasteiger partial charge in [-0.05, 0) is 37.2 Å². The molecule has 0 aliphatic carbocycles. The third-order valence-electron chi connectivity index (χ3n) is 2.12. The first-order chi connectivity index (χ1) is 7.36. The van der Waals surface area contributed by atoms with Gasteiger partial charge in [0.1, 0.15) is 5.75 Å². The zero-order chi connectivity index (χ0) is 10.9. The van der Waals surface area contributed by atoms with Gasteiger partial charge >= 0.3 is 0 Å². The van der Waals surface area contributed by atoms with Gasteiger partial charge in [0.15, 0.2) is 0 Å². The molecule has 1 aromatic carbocycles. The van der Waals surface area contributed by atoms with Crippen LogP contribution in [0.25, 0.3) is 0 Å². The number of benzene rings is 1. The maximum Gasteiger partial charge on any atom is 0.119 e. The van der Waals surface area contributed by atoms with Crippen LogP contribution in [0.3, 0.4) is 0 Å². The second kappa shape index (κ2) is 7.26. The number of ether oxygens (including phenoxy) is 1. The number of aliphatic hydroxyl groups excluding tert-OH is 1. The summed E-state index contributed by atoms with van der Waals surface area (Å²) in [5, 5.41) is 12.1. The Morgan fingerprint density at radius 2 is 2.00 bits per heavy atom. The minimum atomic E-state index is 0.0840. The first kappa shape index (κ1) is 12.0. The van der Waals surface area contributed by atoms with Gasteiger partial charge in [0.25, 0.3) is 0 Å². The van der Waals surface area contributed by atoms with E-state index in [9.17, 15) is 0 Å². The van der Waals surface area contributed by atoms with Crippen molar-refractivity contribution in [2.75, 3.05) is 19.7 Å². The van der Waals surface area contributed by atoms with Crippen molar-refractivity contribution < 1.29 is 9.84 Å². The van der Waals surface area contributed by atoms with Gasteiger partial charge in [0, 0.05) is 0 Å². The highest BCUT2D eigenvalue weighted by atomic mass is 16.5. The van der Waals surface area contributed by atoms with Gasteiger partial charge < -0.3 is 15.2 Å². The van der Waals surface area contributed by atoms with Crippen LogP contribution in [-0.4, -0.2) is 24.8 Å². The molecule has 1 rings (SSSR count). The van der Waals surface area contributed by atoms with Crippen LogP contribution in [0.5, 0.6) is 5.75 Å². The number of aliphatic hydroxyl groups is 1. The molecule has 0 spiro atoms. The number of nitrogens with one attached hydrogen (secondary N) is 1. The monoisotopic (exact) mass is 209 g/mol. The predicted octanol–water partition coefficient (Wildman–Crippen LogP) is 1.56. The fourth-order valence-corrected chi connectivity index (χ4v) is 1.26. The van der Waals surface area contributed by atoms with Crippen molar-refractivity contribution in [2.45, 2.75) is 20.0 Å². The molecule has 3 heteroatoms. The number of rotatable bonds is 7. The van der Waals surface area contributed by atoms with Gasteiger partial charge in [-0.15, -0.1) is 0 Å². The van der Waals surface area contributed by atoms with Crippen molar-refractivity contribution in [3.63, 3.8) is 0 Å². The highest BCUT2D eigenvalue weighted by Crippen LogP contribution is 2.12. The van der Waals surface area contributed by atoms with Crippen molar-refractivity contribution in [1.82, 2.24) is 5.32 Å². The largest absolute Gasteiger partial charge is 0.494 e. The molecule has 0 aromatic heterocycles. The summed E-state index contributed by atoms with van der Waals surface area (Å²) in [6.07, 6.45) is 1.01. The standard InChI is InChI=1S/C12H19NO2/c1-2-13-8-3-9-15-12-6-4-11(10-14)5-7-12/h4-7,13-14H,2-3,8-10H2,1H3. The molecule has 0 heterocycles. The highest BCUT2D eigenvalue weighted by Gasteiger charge is 1.94. The fourth-order valence-electron chi connectivity index (χ4n) is 1.26. The van der Waals surface area contributed by atoms with Crippen molar-refractivity contribution >= 4 is 0 Å². The summed E-state index contributed by atoms with van der Waals surface area (Å²) in [5.74, 6) is 0.865. The lowest BCUT2D eigenvalue weighted by molar-refractivity contribution is 0.281. The Hall–Kier alpha value is -1.06. The van der Waals surface area contributed by atoms with E-state index in [4.69, 9.17) is 9.84 Å². The van der Waals surface area contributed by atoms with E-state index in [2.05, 4.69) is 12.2 Å². The molecule has 0 saturated carbocycles. The minimum Gasteiger partial charge on any atom is -0.494 e. The first-order valence-electron chi connectivity index (χ1n) is 5.40. The van der Waals surface area contributed by atoms with Crippen LogP contribution in [0.2, 0.25) is 0 Å². The van der Waals surface area contributed by atoms with Gasteiger partial charge in [-0.1, -0.05) is 19.1 Å². The van der Waals surface area contributed by atoms with Gasteiger partial charge in [-0.2, -0.15) is 0 Å². The Morgan fingerprint density at radius 3 is 2.60 bits per heavy atom. The summed E-state index contributed by atoms with van der Waals surface area (Å²) in [6.45, 7) is 4.90. The maximum atomic E-state index is 8.85. The quantitative estimate of drug-likeness (QED) is 0.670. The molecule has 0 radical (unpaired) electrons. The molecule has 0 amide bonds. The molecule has 0 aliphatic heterocycles. The second-order valence-electron chi connectivity index (χ2n) is 3.36. The van der Waals surface area contributed by atoms with Gasteiger partial charge in [-0.3, -0.25) is 0 Å². The molecule has 1 aromatic rings. The van der Waals surface area contributed by atoms with Crippen LogP contribution < -0.4 is 10.1 Å². The smallest absolute Gasteiger partial charge is 0.119 e. The van der Waals surface area contributed by atoms with Gasteiger partial charge in [0.2, 0.25) is 0 Å². The summed E-state index contributed by atoms with van der Waals surface area (Å²) in [5.41, 5.74) is 0.912. The summed E-state index contributed by atoms with van der Waals surface area (Å²) < 4.78 is 5.53. The Balaban J connectivity index is 2.20. The lowest BCUT2D eigenvalue weighted by atomic mass is 10.2. The van der Waals surface area contributed by atoms with E-state index >= 15 is 0 Å². The van der Waals surface area contributed by atoms with Crippen LogP contribution >= 0.6 is 0 Å². The Morgan fingerprint density at radius 1 is 1.27 bits per heavy atom. The average Bonchev–Trinajstić information content (AvgIpc) is 2.30. The third kappa shape index (κ3) is 4.81. The summed E-state index contributed by atoms with van der Waals surface area (Å²) >= 11 is 0. The van der Waals surface area contributed by atoms with E-state index in [0.29, 0.717) is 0 Å². The summed E-state index contributed by atoms with van der Waals surface area (Å²) in [7, 11) is 0. The zero-order valence-electron chi connectivity index (χ0n) is 9.20. The number of hydrogen-bond donors (Lipinski definition) is 2. The van der Waals surface area contributed by atoms with E-state index in [0.717, 1.165) is 37.4 Å². The fraction of sp³-hybridized carbons (Fsp3) is 0.500. The molecule has 0 fully saturated rings. The molecule has 0 bridgehead atoms. The highest BCUT2D eigenvalue weighted by molar-refractivity contribution is 5.26. The van der Waals surface area contributed by atoms with Crippen LogP contribution in [-0.2, 0) is 6.61 Å². The van der Waals surface area contributed by atoms with Crippen LogP contribution in [0, 0.1) is 0 Å². The Kier molecular flexibility index (Phi) is 5.81. The lowest BCUT2D eigenvalue weighted by Gasteiger charge is -2.06. The summed E-state index contributed by atoms with van der Waals surface area (Å²) in [6, 6.07) is 7.52. The van der Waals surface area contributed by atoms with Crippen LogP contribution in [0.4, 0.5) is 0 Å². The van der Waals surface area contributed by atoms with Crippen molar-refractivity contribution in [2.24, 2.45) is 0 Å². The van der Waals surface area contributed by atoms with Crippen molar-refractivity contribution in [3.8, 4) is 5.75 Å². The maximum absolute atomic E-state index is 8.85. The molecule has 15 heavy (non-hydrogen) atoms. The van der Waals surface area contributed by atoms with E-state index < -0.39 is 0 Å². The molecule has 84 valence electrons. The molecule has 0 unspecified atom stereocenters. The first-order valence-corrected chi connectivity index (χ1v) is 5.40. The van der Waals surface area contributed by atoms with Gasteiger partial charge in [0.05, 0.1) is 13.2 Å². The van der Waals surface area contributed by atoms with Crippen molar-refractivity contribution in [1.29, 1.82) is 0 Å². The topological polar surface area (TPSA) is 41.5 Å². The average molecular weight is 209 g/mol. The minimum absolute atomic E-state index is 0.0840. The molecule has 0 atom stereocenters. The molecule has 0 saturated heterocycles. The molecule has 3 nitrogen and oxygen atoms in total.